The number of hydrogen-bond donors (Lipinski definition) is 4. The Kier molecular flexibility index (Phi) is 12.4. The van der Waals surface area contributed by atoms with Gasteiger partial charge < -0.3 is 25.7 Å². The Morgan fingerprint density at radius 3 is 1.85 bits per heavy atom. The Morgan fingerprint density at radius 2 is 1.46 bits per heavy atom. The van der Waals surface area contributed by atoms with Crippen LogP contribution in [0.2, 0.25) is 0 Å². The minimum atomic E-state index is -5.08. The Hall–Kier alpha value is -4.65. The molecule has 2 unspecified atom stereocenters. The first-order valence-electron chi connectivity index (χ1n) is 13.6. The second-order valence-electron chi connectivity index (χ2n) is 11.1. The van der Waals surface area contributed by atoms with Gasteiger partial charge in [0.25, 0.3) is 0 Å². The molecule has 2 heterocycles. The largest absolute Gasteiger partial charge is 0.497 e. The topological polar surface area (TPSA) is 193 Å². The number of rotatable bonds is 6. The number of aliphatic carboxylic acids is 2. The summed E-state index contributed by atoms with van der Waals surface area (Å²) in [6.45, 7) is 5.18. The van der Waals surface area contributed by atoms with Crippen LogP contribution in [-0.2, 0) is 30.8 Å². The molecule has 1 amide bonds. The van der Waals surface area contributed by atoms with Crippen LogP contribution in [0.1, 0.15) is 55.4 Å². The third-order valence-electron chi connectivity index (χ3n) is 6.45. The number of sulfonamides is 1. The van der Waals surface area contributed by atoms with Crippen LogP contribution in [0, 0.1) is 0 Å². The number of carbonyl (C=O) groups is 3. The number of hydrogen-bond acceptors (Lipinski definition) is 8. The molecule has 0 radical (unpaired) electrons. The van der Waals surface area contributed by atoms with E-state index in [1.807, 2.05) is 36.4 Å². The molecule has 1 saturated heterocycles. The minimum Gasteiger partial charge on any atom is -0.497 e. The Labute approximate surface area is 270 Å². The third-order valence-corrected chi connectivity index (χ3v) is 8.87. The van der Waals surface area contributed by atoms with Crippen molar-refractivity contribution < 1.29 is 64.1 Å². The first-order valence-corrected chi connectivity index (χ1v) is 15.1. The smallest absolute Gasteiger partial charge is 0.490 e. The molecule has 1 aliphatic heterocycles. The molecule has 0 saturated carbocycles. The summed E-state index contributed by atoms with van der Waals surface area (Å²) in [5.74, 6) is -4.43. The number of carboxylic acid groups (broad SMARTS) is 2. The van der Waals surface area contributed by atoms with Crippen LogP contribution >= 0.6 is 0 Å². The van der Waals surface area contributed by atoms with Crippen molar-refractivity contribution in [2.75, 3.05) is 7.11 Å². The number of alkyl halides is 6. The van der Waals surface area contributed by atoms with E-state index in [-0.39, 0.29) is 18.4 Å². The van der Waals surface area contributed by atoms with Crippen LogP contribution in [0.25, 0.3) is 11.3 Å². The molecule has 48 heavy (non-hydrogen) atoms. The van der Waals surface area contributed by atoms with Crippen LogP contribution in [0.5, 0.6) is 5.75 Å². The summed E-state index contributed by atoms with van der Waals surface area (Å²) in [5.41, 5.74) is 9.01. The van der Waals surface area contributed by atoms with Gasteiger partial charge >= 0.3 is 24.3 Å². The predicted octanol–water partition coefficient (Wildman–Crippen LogP) is 5.00. The zero-order valence-corrected chi connectivity index (χ0v) is 26.6. The molecule has 5 N–H and O–H groups in total. The number of aromatic nitrogens is 2. The molecule has 0 spiro atoms. The van der Waals surface area contributed by atoms with Gasteiger partial charge in [-0.15, -0.1) is 0 Å². The average molecular weight is 711 g/mol. The maximum atomic E-state index is 13.0. The maximum absolute atomic E-state index is 13.0. The van der Waals surface area contributed by atoms with E-state index in [0.717, 1.165) is 26.9 Å². The second kappa shape index (κ2) is 15.1. The summed E-state index contributed by atoms with van der Waals surface area (Å²) in [4.78, 5) is 37.9. The molecule has 1 aliphatic rings. The van der Waals surface area contributed by atoms with Crippen molar-refractivity contribution in [3.05, 3.63) is 71.7 Å². The van der Waals surface area contributed by atoms with Crippen molar-refractivity contribution in [1.29, 1.82) is 0 Å². The van der Waals surface area contributed by atoms with Crippen molar-refractivity contribution >= 4 is 27.9 Å². The van der Waals surface area contributed by atoms with E-state index >= 15 is 0 Å². The number of nitrogens with one attached hydrogen (secondary N) is 1. The Balaban J connectivity index is 0.000000479. The summed E-state index contributed by atoms with van der Waals surface area (Å²) in [7, 11) is -2.13. The average Bonchev–Trinajstić information content (AvgIpc) is 3.55. The van der Waals surface area contributed by atoms with Crippen molar-refractivity contribution in [3.63, 3.8) is 0 Å². The van der Waals surface area contributed by atoms with Crippen LogP contribution in [0.4, 0.5) is 26.3 Å². The molecular formula is C29H32F6N4O8S. The summed E-state index contributed by atoms with van der Waals surface area (Å²) in [6, 6.07) is 14.6. The highest BCUT2D eigenvalue weighted by Gasteiger charge is 2.49. The number of carbonyl (C=O) groups excluding carboxylic acids is 1. The van der Waals surface area contributed by atoms with Gasteiger partial charge in [-0.05, 0) is 68.1 Å². The number of nitrogens with zero attached hydrogens (tertiary/aromatic N) is 2. The highest BCUT2D eigenvalue weighted by molar-refractivity contribution is 7.90. The van der Waals surface area contributed by atoms with E-state index in [2.05, 4.69) is 9.97 Å². The molecule has 0 bridgehead atoms. The molecular weight excluding hydrogens is 678 g/mol. The molecule has 19 heteroatoms. The van der Waals surface area contributed by atoms with Gasteiger partial charge in [-0.25, -0.2) is 27.3 Å². The monoisotopic (exact) mass is 710 g/mol. The molecule has 2 aromatic carbocycles. The molecule has 3 aromatic rings. The second-order valence-corrected chi connectivity index (χ2v) is 13.1. The number of benzene rings is 2. The van der Waals surface area contributed by atoms with E-state index in [4.69, 9.17) is 30.3 Å². The van der Waals surface area contributed by atoms with Gasteiger partial charge in [0.15, 0.2) is 0 Å². The number of imidazole rings is 1. The lowest BCUT2D eigenvalue weighted by molar-refractivity contribution is -0.193. The van der Waals surface area contributed by atoms with Crippen LogP contribution < -0.4 is 10.5 Å². The molecule has 264 valence electrons. The molecule has 2 atom stereocenters. The highest BCUT2D eigenvalue weighted by Crippen LogP contribution is 2.40. The number of ether oxygens (including phenoxy) is 1. The first kappa shape index (κ1) is 39.5. The fourth-order valence-electron chi connectivity index (χ4n) is 4.32. The Morgan fingerprint density at radius 1 is 0.979 bits per heavy atom. The van der Waals surface area contributed by atoms with Crippen LogP contribution in [0.3, 0.4) is 0 Å². The van der Waals surface area contributed by atoms with Gasteiger partial charge in [0.1, 0.15) is 16.8 Å². The van der Waals surface area contributed by atoms with Crippen molar-refractivity contribution in [1.82, 2.24) is 14.3 Å². The number of methoxy groups -OCH3 is 1. The number of nitrogens with two attached hydrogens (primary N) is 1. The van der Waals surface area contributed by atoms with E-state index < -0.39 is 45.1 Å². The van der Waals surface area contributed by atoms with Crippen LogP contribution in [-0.4, -0.2) is 75.8 Å². The van der Waals surface area contributed by atoms with Crippen LogP contribution in [0.15, 0.2) is 54.7 Å². The van der Waals surface area contributed by atoms with Gasteiger partial charge in [-0.2, -0.15) is 26.3 Å². The van der Waals surface area contributed by atoms with Crippen molar-refractivity contribution in [2.24, 2.45) is 5.73 Å². The summed E-state index contributed by atoms with van der Waals surface area (Å²) >= 11 is 0. The molecule has 1 aromatic heterocycles. The minimum absolute atomic E-state index is 0.0427. The molecule has 1 fully saturated rings. The summed E-state index contributed by atoms with van der Waals surface area (Å²) in [6.07, 6.45) is -7.93. The Bertz CT molecular complexity index is 1660. The fraction of sp³-hybridized carbons (Fsp3) is 0.379. The molecule has 4 rings (SSSR count). The van der Waals surface area contributed by atoms with Gasteiger partial charge in [-0.1, -0.05) is 24.3 Å². The van der Waals surface area contributed by atoms with Crippen molar-refractivity contribution in [3.8, 4) is 17.0 Å². The lowest BCUT2D eigenvalue weighted by Gasteiger charge is -2.30. The maximum Gasteiger partial charge on any atom is 0.490 e. The van der Waals surface area contributed by atoms with Gasteiger partial charge in [0.05, 0.1) is 37.0 Å². The number of amides is 1. The highest BCUT2D eigenvalue weighted by atomic mass is 32.2. The van der Waals surface area contributed by atoms with Gasteiger partial charge in [0, 0.05) is 0 Å². The third kappa shape index (κ3) is 10.4. The number of carboxylic acids is 2. The molecule has 0 aliphatic carbocycles. The molecule has 12 nitrogen and oxygen atoms in total. The summed E-state index contributed by atoms with van der Waals surface area (Å²) in [5, 5.41) is 13.4. The van der Waals surface area contributed by atoms with Crippen molar-refractivity contribution in [2.45, 2.75) is 62.8 Å². The summed E-state index contributed by atoms with van der Waals surface area (Å²) < 4.78 is 95.7. The zero-order valence-electron chi connectivity index (χ0n) is 25.8. The van der Waals surface area contributed by atoms with E-state index in [9.17, 15) is 39.6 Å². The first-order chi connectivity index (χ1) is 21.9. The standard InChI is InChI=1S/C25H30N4O4S.2C2HF3O2/c1-25(2,3)29-23(30)14-22(34(29,31)32)18-7-5-16(6-8-18)13-20(26)24-27-15-21(28-24)17-9-11-19(33-4)12-10-17;2*3-2(4,5)1(6)7/h5-12,15,20,22H,13-14,26H2,1-4H3,(H,27,28);2*(H,6,7). The predicted molar refractivity (Wildman–Crippen MR) is 158 cm³/mol. The number of halogens is 6. The SMILES string of the molecule is COc1ccc(-c2cnc(C(N)Cc3ccc(C4CC(=O)N(C(C)(C)C)S4(=O)=O)cc3)[nH]2)cc1.O=C(O)C(F)(F)F.O=C(O)C(F)(F)F. The lowest BCUT2D eigenvalue weighted by Crippen LogP contribution is -2.45. The zero-order chi connectivity index (χ0) is 36.8. The van der Waals surface area contributed by atoms with E-state index in [1.54, 1.807) is 46.2 Å². The normalized spacial score (nSPS) is 16.6. The number of aromatic amines is 1. The van der Waals surface area contributed by atoms with E-state index in [1.165, 1.54) is 0 Å². The quantitative estimate of drug-likeness (QED) is 0.253. The van der Waals surface area contributed by atoms with Gasteiger partial charge in [0.2, 0.25) is 15.9 Å². The van der Waals surface area contributed by atoms with E-state index in [0.29, 0.717) is 17.8 Å². The number of H-pyrrole nitrogens is 1. The lowest BCUT2D eigenvalue weighted by atomic mass is 10.0. The van der Waals surface area contributed by atoms with Gasteiger partial charge in [-0.3, -0.25) is 4.79 Å². The fourth-order valence-corrected chi connectivity index (χ4v) is 6.55.